The second-order valence-electron chi connectivity index (χ2n) is 6.80. The Morgan fingerprint density at radius 2 is 1.90 bits per heavy atom. The number of amides is 1. The summed E-state index contributed by atoms with van der Waals surface area (Å²) in [6.07, 6.45) is 0.753. The van der Waals surface area contributed by atoms with E-state index in [-0.39, 0.29) is 5.91 Å². The second-order valence-corrected chi connectivity index (χ2v) is 7.88. The molecule has 6 nitrogen and oxygen atoms in total. The number of carbonyl (C=O) groups excluding carboxylic acids is 2. The third kappa shape index (κ3) is 5.67. The number of aryl methyl sites for hydroxylation is 2. The number of thiazole rings is 1. The molecule has 0 saturated heterocycles. The Labute approximate surface area is 179 Å². The van der Waals surface area contributed by atoms with Gasteiger partial charge in [-0.05, 0) is 56.2 Å². The van der Waals surface area contributed by atoms with Crippen molar-refractivity contribution in [2.45, 2.75) is 33.8 Å². The molecule has 156 valence electrons. The van der Waals surface area contributed by atoms with Gasteiger partial charge in [-0.2, -0.15) is 0 Å². The first kappa shape index (κ1) is 21.5. The summed E-state index contributed by atoms with van der Waals surface area (Å²) in [5.74, 6) is 0.0870. The number of hydrogen-bond acceptors (Lipinski definition) is 6. The average Bonchev–Trinajstić information content (AvgIpc) is 3.11. The lowest BCUT2D eigenvalue weighted by Crippen LogP contribution is -2.12. The molecule has 3 rings (SSSR count). The highest BCUT2D eigenvalue weighted by Crippen LogP contribution is 2.22. The Balaban J connectivity index is 1.65. The van der Waals surface area contributed by atoms with E-state index in [1.165, 1.54) is 11.3 Å². The van der Waals surface area contributed by atoms with Crippen molar-refractivity contribution in [3.05, 3.63) is 75.2 Å². The largest absolute Gasteiger partial charge is 0.486 e. The lowest BCUT2D eigenvalue weighted by Gasteiger charge is -2.07. The van der Waals surface area contributed by atoms with Gasteiger partial charge in [-0.25, -0.2) is 9.78 Å². The number of carbonyl (C=O) groups is 2. The molecule has 0 fully saturated rings. The molecule has 3 aromatic rings. The molecule has 1 amide bonds. The Bertz CT molecular complexity index is 1050. The maximum atomic E-state index is 12.7. The highest BCUT2D eigenvalue weighted by atomic mass is 32.1. The summed E-state index contributed by atoms with van der Waals surface area (Å²) in [6, 6.07) is 14.5. The number of anilines is 1. The van der Waals surface area contributed by atoms with Crippen LogP contribution < -0.4 is 10.1 Å². The van der Waals surface area contributed by atoms with Gasteiger partial charge in [-0.15, -0.1) is 11.3 Å². The van der Waals surface area contributed by atoms with Crippen molar-refractivity contribution in [3.63, 3.8) is 0 Å². The average molecular weight is 425 g/mol. The number of benzene rings is 2. The second kappa shape index (κ2) is 10.0. The number of rotatable bonds is 8. The van der Waals surface area contributed by atoms with Crippen molar-refractivity contribution in [1.29, 1.82) is 0 Å². The lowest BCUT2D eigenvalue weighted by atomic mass is 10.2. The molecule has 30 heavy (non-hydrogen) atoms. The predicted octanol–water partition coefficient (Wildman–Crippen LogP) is 5.16. The van der Waals surface area contributed by atoms with Crippen LogP contribution in [0.1, 0.15) is 49.6 Å². The molecule has 1 heterocycles. The molecular weight excluding hydrogens is 400 g/mol. The number of nitrogens with zero attached hydrogens (tertiary/aromatic N) is 1. The minimum absolute atomic E-state index is 0.272. The van der Waals surface area contributed by atoms with Gasteiger partial charge in [-0.1, -0.05) is 25.1 Å². The van der Waals surface area contributed by atoms with Crippen molar-refractivity contribution >= 4 is 28.9 Å². The maximum absolute atomic E-state index is 12.7. The molecule has 2 aromatic carbocycles. The third-order valence-corrected chi connectivity index (χ3v) is 5.32. The lowest BCUT2D eigenvalue weighted by molar-refractivity contribution is 0.0505. The Morgan fingerprint density at radius 3 is 2.67 bits per heavy atom. The van der Waals surface area contributed by atoms with Crippen LogP contribution in [0.2, 0.25) is 0 Å². The first-order chi connectivity index (χ1) is 14.5. The first-order valence-corrected chi connectivity index (χ1v) is 10.5. The number of esters is 1. The van der Waals surface area contributed by atoms with Crippen LogP contribution >= 0.6 is 11.3 Å². The SMILES string of the molecule is CCCOC(=O)c1cccc(NC(=O)c2sc(COc3cccc(C)c3)nc2C)c1. The minimum atomic E-state index is -0.405. The molecule has 0 unspecified atom stereocenters. The van der Waals surface area contributed by atoms with Crippen LogP contribution in [0.15, 0.2) is 48.5 Å². The van der Waals surface area contributed by atoms with Gasteiger partial charge in [0.15, 0.2) is 0 Å². The highest BCUT2D eigenvalue weighted by Gasteiger charge is 2.17. The van der Waals surface area contributed by atoms with Crippen LogP contribution in [0.3, 0.4) is 0 Å². The van der Waals surface area contributed by atoms with Crippen LogP contribution in [-0.2, 0) is 11.3 Å². The van der Waals surface area contributed by atoms with Gasteiger partial charge in [0.05, 0.1) is 17.9 Å². The van der Waals surface area contributed by atoms with E-state index in [0.29, 0.717) is 35.0 Å². The minimum Gasteiger partial charge on any atom is -0.486 e. The molecule has 1 aromatic heterocycles. The summed E-state index contributed by atoms with van der Waals surface area (Å²) in [5.41, 5.74) is 2.67. The van der Waals surface area contributed by atoms with E-state index in [1.54, 1.807) is 31.2 Å². The summed E-state index contributed by atoms with van der Waals surface area (Å²) in [6.45, 7) is 6.38. The van der Waals surface area contributed by atoms with E-state index in [2.05, 4.69) is 10.3 Å². The van der Waals surface area contributed by atoms with Crippen molar-refractivity contribution in [2.75, 3.05) is 11.9 Å². The van der Waals surface area contributed by atoms with Crippen molar-refractivity contribution < 1.29 is 19.1 Å². The molecule has 0 aliphatic carbocycles. The zero-order valence-electron chi connectivity index (χ0n) is 17.2. The maximum Gasteiger partial charge on any atom is 0.338 e. The first-order valence-electron chi connectivity index (χ1n) is 9.70. The molecule has 0 atom stereocenters. The van der Waals surface area contributed by atoms with E-state index in [4.69, 9.17) is 9.47 Å². The van der Waals surface area contributed by atoms with E-state index in [1.807, 2.05) is 38.1 Å². The summed E-state index contributed by atoms with van der Waals surface area (Å²) in [5, 5.41) is 3.55. The van der Waals surface area contributed by atoms with Crippen LogP contribution in [0, 0.1) is 13.8 Å². The normalized spacial score (nSPS) is 10.5. The van der Waals surface area contributed by atoms with Crippen molar-refractivity contribution in [1.82, 2.24) is 4.98 Å². The molecule has 0 saturated carbocycles. The van der Waals surface area contributed by atoms with Gasteiger partial charge in [-0.3, -0.25) is 4.79 Å². The van der Waals surface area contributed by atoms with Crippen LogP contribution in [-0.4, -0.2) is 23.5 Å². The van der Waals surface area contributed by atoms with Crippen molar-refractivity contribution in [2.24, 2.45) is 0 Å². The molecular formula is C23H24N2O4S. The van der Waals surface area contributed by atoms with Gasteiger partial charge >= 0.3 is 5.97 Å². The molecule has 0 spiro atoms. The van der Waals surface area contributed by atoms with Crippen LogP contribution in [0.4, 0.5) is 5.69 Å². The molecule has 0 bridgehead atoms. The Kier molecular flexibility index (Phi) is 7.19. The Morgan fingerprint density at radius 1 is 1.10 bits per heavy atom. The smallest absolute Gasteiger partial charge is 0.338 e. The zero-order chi connectivity index (χ0) is 21.5. The van der Waals surface area contributed by atoms with Gasteiger partial charge in [0.25, 0.3) is 5.91 Å². The summed E-state index contributed by atoms with van der Waals surface area (Å²) < 4.78 is 10.9. The quantitative estimate of drug-likeness (QED) is 0.506. The Hall–Kier alpha value is -3.19. The summed E-state index contributed by atoms with van der Waals surface area (Å²) in [4.78, 5) is 29.7. The van der Waals surface area contributed by atoms with Gasteiger partial charge in [0.1, 0.15) is 22.2 Å². The number of nitrogens with one attached hydrogen (secondary N) is 1. The van der Waals surface area contributed by atoms with E-state index < -0.39 is 5.97 Å². The van der Waals surface area contributed by atoms with Gasteiger partial charge in [0.2, 0.25) is 0 Å². The molecule has 7 heteroatoms. The topological polar surface area (TPSA) is 77.5 Å². The standard InChI is InChI=1S/C23H24N2O4S/c1-4-11-28-23(27)17-8-6-9-18(13-17)25-22(26)21-16(3)24-20(30-21)14-29-19-10-5-7-15(2)12-19/h5-10,12-13H,4,11,14H2,1-3H3,(H,25,26). The fraction of sp³-hybridized carbons (Fsp3) is 0.261. The molecule has 0 radical (unpaired) electrons. The van der Waals surface area contributed by atoms with E-state index in [0.717, 1.165) is 22.7 Å². The monoisotopic (exact) mass is 424 g/mol. The molecule has 1 N–H and O–H groups in total. The third-order valence-electron chi connectivity index (χ3n) is 4.19. The molecule has 0 aliphatic rings. The van der Waals surface area contributed by atoms with Crippen LogP contribution in [0.25, 0.3) is 0 Å². The number of ether oxygens (including phenoxy) is 2. The fourth-order valence-electron chi connectivity index (χ4n) is 2.76. The van der Waals surface area contributed by atoms with Crippen LogP contribution in [0.5, 0.6) is 5.75 Å². The van der Waals surface area contributed by atoms with E-state index in [9.17, 15) is 9.59 Å². The van der Waals surface area contributed by atoms with E-state index >= 15 is 0 Å². The fourth-order valence-corrected chi connectivity index (χ4v) is 3.64. The van der Waals surface area contributed by atoms with Gasteiger partial charge < -0.3 is 14.8 Å². The predicted molar refractivity (Wildman–Crippen MR) is 117 cm³/mol. The zero-order valence-corrected chi connectivity index (χ0v) is 18.0. The molecule has 0 aliphatic heterocycles. The highest BCUT2D eigenvalue weighted by molar-refractivity contribution is 7.13. The summed E-state index contributed by atoms with van der Waals surface area (Å²) in [7, 11) is 0. The number of aromatic nitrogens is 1. The van der Waals surface area contributed by atoms with Gasteiger partial charge in [0, 0.05) is 5.69 Å². The summed E-state index contributed by atoms with van der Waals surface area (Å²) >= 11 is 1.29. The van der Waals surface area contributed by atoms with Crippen molar-refractivity contribution in [3.8, 4) is 5.75 Å². The number of hydrogen-bond donors (Lipinski definition) is 1.